The van der Waals surface area contributed by atoms with Gasteiger partial charge in [0.1, 0.15) is 5.69 Å². The number of pyridine rings is 1. The first-order valence-corrected chi connectivity index (χ1v) is 9.37. The van der Waals surface area contributed by atoms with Gasteiger partial charge in [-0.3, -0.25) is 9.78 Å². The molecule has 1 heterocycles. The molecule has 0 saturated carbocycles. The van der Waals surface area contributed by atoms with E-state index in [1.807, 2.05) is 82.5 Å². The normalized spacial score (nSPS) is 10.4. The van der Waals surface area contributed by atoms with Gasteiger partial charge in [-0.2, -0.15) is 0 Å². The van der Waals surface area contributed by atoms with Crippen LogP contribution in [0, 0.1) is 6.92 Å². The first kappa shape index (κ1) is 19.4. The average molecular weight is 374 g/mol. The van der Waals surface area contributed by atoms with Crippen LogP contribution in [-0.4, -0.2) is 31.5 Å². The maximum absolute atomic E-state index is 13.0. The summed E-state index contributed by atoms with van der Waals surface area (Å²) >= 11 is 0. The topological polar surface area (TPSA) is 48.5 Å². The van der Waals surface area contributed by atoms with Crippen LogP contribution < -0.4 is 15.1 Å². The molecule has 0 atom stereocenters. The van der Waals surface area contributed by atoms with Gasteiger partial charge in [-0.15, -0.1) is 0 Å². The van der Waals surface area contributed by atoms with E-state index in [4.69, 9.17) is 0 Å². The second-order valence-corrected chi connectivity index (χ2v) is 6.88. The van der Waals surface area contributed by atoms with Crippen molar-refractivity contribution in [1.82, 2.24) is 4.98 Å². The summed E-state index contributed by atoms with van der Waals surface area (Å²) in [6.07, 6.45) is 1.66. The number of nitrogens with one attached hydrogen (secondary N) is 1. The molecule has 0 radical (unpaired) electrons. The van der Waals surface area contributed by atoms with Gasteiger partial charge in [0, 0.05) is 49.6 Å². The lowest BCUT2D eigenvalue weighted by Gasteiger charge is -2.21. The molecule has 0 bridgehead atoms. The van der Waals surface area contributed by atoms with E-state index in [9.17, 15) is 4.79 Å². The van der Waals surface area contributed by atoms with E-state index in [2.05, 4.69) is 15.2 Å². The SMILES string of the molecule is CCN(C(=O)c1cc(Nc2ccc(N(C)C)cc2)ccn1)c1cccc(C)c1. The van der Waals surface area contributed by atoms with Crippen LogP contribution in [0.3, 0.4) is 0 Å². The lowest BCUT2D eigenvalue weighted by molar-refractivity contribution is 0.0983. The van der Waals surface area contributed by atoms with Crippen molar-refractivity contribution in [2.75, 3.05) is 35.8 Å². The molecule has 5 nitrogen and oxygen atoms in total. The quantitative estimate of drug-likeness (QED) is 0.669. The third-order valence-electron chi connectivity index (χ3n) is 4.53. The molecule has 5 heteroatoms. The van der Waals surface area contributed by atoms with Gasteiger partial charge in [-0.1, -0.05) is 12.1 Å². The Hall–Kier alpha value is -3.34. The molecule has 1 aromatic heterocycles. The number of amides is 1. The Labute approximate surface area is 166 Å². The van der Waals surface area contributed by atoms with Crippen molar-refractivity contribution in [3.63, 3.8) is 0 Å². The first-order valence-electron chi connectivity index (χ1n) is 9.37. The Kier molecular flexibility index (Phi) is 5.94. The number of aryl methyl sites for hydroxylation is 1. The van der Waals surface area contributed by atoms with E-state index >= 15 is 0 Å². The summed E-state index contributed by atoms with van der Waals surface area (Å²) in [7, 11) is 4.02. The molecule has 3 rings (SSSR count). The summed E-state index contributed by atoms with van der Waals surface area (Å²) in [5.74, 6) is -0.111. The Balaban J connectivity index is 1.80. The monoisotopic (exact) mass is 374 g/mol. The molecule has 3 aromatic rings. The van der Waals surface area contributed by atoms with Gasteiger partial charge in [0.15, 0.2) is 0 Å². The van der Waals surface area contributed by atoms with Crippen molar-refractivity contribution in [3.05, 3.63) is 78.1 Å². The molecule has 0 saturated heterocycles. The standard InChI is InChI=1S/C23H26N4O/c1-5-27(21-8-6-7-17(2)15-21)23(28)22-16-19(13-14-24-22)25-18-9-11-20(12-10-18)26(3)4/h6-16H,5H2,1-4H3,(H,24,25). The maximum atomic E-state index is 13.0. The second kappa shape index (κ2) is 8.57. The third kappa shape index (κ3) is 4.49. The van der Waals surface area contributed by atoms with Gasteiger partial charge in [0.05, 0.1) is 0 Å². The van der Waals surface area contributed by atoms with Crippen molar-refractivity contribution in [2.45, 2.75) is 13.8 Å². The highest BCUT2D eigenvalue weighted by molar-refractivity contribution is 6.05. The molecule has 0 aliphatic carbocycles. The predicted octanol–water partition coefficient (Wildman–Crippen LogP) is 4.87. The largest absolute Gasteiger partial charge is 0.378 e. The van der Waals surface area contributed by atoms with E-state index < -0.39 is 0 Å². The van der Waals surface area contributed by atoms with Crippen LogP contribution in [0.15, 0.2) is 66.9 Å². The van der Waals surface area contributed by atoms with Gasteiger partial charge in [-0.25, -0.2) is 0 Å². The third-order valence-corrected chi connectivity index (χ3v) is 4.53. The molecule has 0 spiro atoms. The number of hydrogen-bond acceptors (Lipinski definition) is 4. The fourth-order valence-electron chi connectivity index (χ4n) is 3.01. The summed E-state index contributed by atoms with van der Waals surface area (Å²) < 4.78 is 0. The number of benzene rings is 2. The van der Waals surface area contributed by atoms with Gasteiger partial charge < -0.3 is 15.1 Å². The minimum Gasteiger partial charge on any atom is -0.378 e. The number of aromatic nitrogens is 1. The van der Waals surface area contributed by atoms with Crippen molar-refractivity contribution >= 4 is 28.7 Å². The molecule has 1 N–H and O–H groups in total. The Bertz CT molecular complexity index is 951. The van der Waals surface area contributed by atoms with Crippen LogP contribution in [0.4, 0.5) is 22.7 Å². The number of nitrogens with zero attached hydrogens (tertiary/aromatic N) is 3. The van der Waals surface area contributed by atoms with Gasteiger partial charge in [0.25, 0.3) is 5.91 Å². The first-order chi connectivity index (χ1) is 13.5. The van der Waals surface area contributed by atoms with E-state index in [0.29, 0.717) is 12.2 Å². The van der Waals surface area contributed by atoms with Gasteiger partial charge in [0.2, 0.25) is 0 Å². The van der Waals surface area contributed by atoms with Crippen molar-refractivity contribution in [2.24, 2.45) is 0 Å². The molecule has 1 amide bonds. The van der Waals surface area contributed by atoms with Crippen LogP contribution in [0.2, 0.25) is 0 Å². The lowest BCUT2D eigenvalue weighted by Crippen LogP contribution is -2.31. The van der Waals surface area contributed by atoms with Gasteiger partial charge in [-0.05, 0) is 67.9 Å². The molecular weight excluding hydrogens is 348 g/mol. The van der Waals surface area contributed by atoms with Crippen molar-refractivity contribution in [1.29, 1.82) is 0 Å². The summed E-state index contributed by atoms with van der Waals surface area (Å²) in [5.41, 5.74) is 5.34. The number of carbonyl (C=O) groups is 1. The van der Waals surface area contributed by atoms with Crippen LogP contribution in [0.25, 0.3) is 0 Å². The van der Waals surface area contributed by atoms with Crippen LogP contribution in [0.1, 0.15) is 23.0 Å². The Morgan fingerprint density at radius 3 is 2.36 bits per heavy atom. The molecule has 0 unspecified atom stereocenters. The molecule has 28 heavy (non-hydrogen) atoms. The smallest absolute Gasteiger partial charge is 0.276 e. The Morgan fingerprint density at radius 1 is 0.964 bits per heavy atom. The number of rotatable bonds is 6. The zero-order valence-electron chi connectivity index (χ0n) is 16.8. The van der Waals surface area contributed by atoms with Crippen LogP contribution in [0.5, 0.6) is 0 Å². The molecule has 144 valence electrons. The fourth-order valence-corrected chi connectivity index (χ4v) is 3.01. The number of hydrogen-bond donors (Lipinski definition) is 1. The molecule has 0 aliphatic rings. The van der Waals surface area contributed by atoms with Gasteiger partial charge >= 0.3 is 0 Å². The van der Waals surface area contributed by atoms with Crippen molar-refractivity contribution < 1.29 is 4.79 Å². The predicted molar refractivity (Wildman–Crippen MR) is 117 cm³/mol. The summed E-state index contributed by atoms with van der Waals surface area (Å²) in [6.45, 7) is 4.56. The zero-order valence-corrected chi connectivity index (χ0v) is 16.8. The van der Waals surface area contributed by atoms with E-state index in [0.717, 1.165) is 28.3 Å². The minimum atomic E-state index is -0.111. The highest BCUT2D eigenvalue weighted by Crippen LogP contribution is 2.22. The molecule has 2 aromatic carbocycles. The lowest BCUT2D eigenvalue weighted by atomic mass is 10.2. The zero-order chi connectivity index (χ0) is 20.1. The number of carbonyl (C=O) groups excluding carboxylic acids is 1. The van der Waals surface area contributed by atoms with Crippen LogP contribution >= 0.6 is 0 Å². The molecule has 0 aliphatic heterocycles. The minimum absolute atomic E-state index is 0.111. The highest BCUT2D eigenvalue weighted by Gasteiger charge is 2.18. The molecular formula is C23H26N4O. The van der Waals surface area contributed by atoms with Crippen molar-refractivity contribution in [3.8, 4) is 0 Å². The second-order valence-electron chi connectivity index (χ2n) is 6.88. The Morgan fingerprint density at radius 2 is 1.71 bits per heavy atom. The fraction of sp³-hybridized carbons (Fsp3) is 0.217. The average Bonchev–Trinajstić information content (AvgIpc) is 2.69. The maximum Gasteiger partial charge on any atom is 0.276 e. The van der Waals surface area contributed by atoms with E-state index in [-0.39, 0.29) is 5.91 Å². The number of anilines is 4. The molecule has 0 fully saturated rings. The summed E-state index contributed by atoms with van der Waals surface area (Å²) in [6, 6.07) is 19.7. The van der Waals surface area contributed by atoms with E-state index in [1.54, 1.807) is 17.2 Å². The van der Waals surface area contributed by atoms with E-state index in [1.165, 1.54) is 0 Å². The summed E-state index contributed by atoms with van der Waals surface area (Å²) in [5, 5.41) is 3.34. The summed E-state index contributed by atoms with van der Waals surface area (Å²) in [4.78, 5) is 21.1. The highest BCUT2D eigenvalue weighted by atomic mass is 16.2. The van der Waals surface area contributed by atoms with Crippen LogP contribution in [-0.2, 0) is 0 Å².